The highest BCUT2D eigenvalue weighted by molar-refractivity contribution is 5.33. The molecule has 84 valence electrons. The van der Waals surface area contributed by atoms with Crippen LogP contribution in [0.3, 0.4) is 0 Å². The molecule has 0 spiro atoms. The fourth-order valence-electron chi connectivity index (χ4n) is 6.75. The van der Waals surface area contributed by atoms with Gasteiger partial charge in [-0.05, 0) is 59.2 Å². The Kier molecular flexibility index (Phi) is 1.24. The van der Waals surface area contributed by atoms with E-state index in [0.29, 0.717) is 5.41 Å². The average molecular weight is 204 g/mol. The Hall–Kier alpha value is 0. The quantitative estimate of drug-likeness (QED) is 0.557. The van der Waals surface area contributed by atoms with Gasteiger partial charge in [0.15, 0.2) is 0 Å². The lowest BCUT2D eigenvalue weighted by Gasteiger charge is -2.35. The Morgan fingerprint density at radius 1 is 0.867 bits per heavy atom. The maximum Gasteiger partial charge on any atom is -0.0204 e. The molecule has 5 saturated carbocycles. The van der Waals surface area contributed by atoms with Crippen molar-refractivity contribution in [2.24, 2.45) is 39.9 Å². The van der Waals surface area contributed by atoms with E-state index in [0.717, 1.165) is 34.5 Å². The molecule has 0 saturated heterocycles. The first-order valence-corrected chi connectivity index (χ1v) is 6.93. The molecule has 0 unspecified atom stereocenters. The Labute approximate surface area is 93.8 Å². The molecule has 0 nitrogen and oxygen atoms in total. The van der Waals surface area contributed by atoms with Crippen molar-refractivity contribution in [3.05, 3.63) is 0 Å². The van der Waals surface area contributed by atoms with Gasteiger partial charge < -0.3 is 0 Å². The van der Waals surface area contributed by atoms with Crippen molar-refractivity contribution in [2.45, 2.75) is 53.4 Å². The van der Waals surface area contributed by atoms with Crippen LogP contribution >= 0.6 is 0 Å². The van der Waals surface area contributed by atoms with Crippen molar-refractivity contribution in [3.8, 4) is 0 Å². The zero-order chi connectivity index (χ0) is 10.6. The summed E-state index contributed by atoms with van der Waals surface area (Å²) >= 11 is 0. The second kappa shape index (κ2) is 2.05. The molecule has 0 aromatic rings. The average Bonchev–Trinajstić information content (AvgIpc) is 2.49. The largest absolute Gasteiger partial charge is 0.0596 e. The summed E-state index contributed by atoms with van der Waals surface area (Å²) in [6.45, 7) is 10.4. The summed E-state index contributed by atoms with van der Waals surface area (Å²) in [5, 5.41) is 0. The van der Waals surface area contributed by atoms with Crippen LogP contribution < -0.4 is 0 Å². The minimum atomic E-state index is 0.649. The molecule has 5 fully saturated rings. The SMILES string of the molecule is CC1(C)CCC[C@@]2(C)[C@@H]3C[C@@H]4[C@H]([C@H]31)[C@]42C. The Morgan fingerprint density at radius 3 is 2.27 bits per heavy atom. The molecule has 0 N–H and O–H groups in total. The predicted octanol–water partition coefficient (Wildman–Crippen LogP) is 4.10. The first-order valence-electron chi connectivity index (χ1n) is 6.93. The van der Waals surface area contributed by atoms with Crippen molar-refractivity contribution in [1.29, 1.82) is 0 Å². The lowest BCUT2D eigenvalue weighted by Crippen LogP contribution is -2.29. The van der Waals surface area contributed by atoms with Gasteiger partial charge >= 0.3 is 0 Å². The van der Waals surface area contributed by atoms with Crippen molar-refractivity contribution >= 4 is 0 Å². The minimum absolute atomic E-state index is 0.649. The number of hydrogen-bond donors (Lipinski definition) is 0. The summed E-state index contributed by atoms with van der Waals surface area (Å²) in [7, 11) is 0. The zero-order valence-corrected chi connectivity index (χ0v) is 10.6. The third-order valence-electron chi connectivity index (χ3n) is 7.58. The molecule has 6 bridgehead atoms. The van der Waals surface area contributed by atoms with Gasteiger partial charge in [0.05, 0.1) is 0 Å². The van der Waals surface area contributed by atoms with E-state index in [-0.39, 0.29) is 0 Å². The van der Waals surface area contributed by atoms with Crippen LogP contribution in [0.5, 0.6) is 0 Å². The standard InChI is InChI=1S/C15H24/c1-13(2)6-5-7-14(3)9-8-10-12(11(9)13)15(10,14)4/h9-12H,5-8H2,1-4H3/t9-,10-,11+,12-,14+,15+/m1/s1. The van der Waals surface area contributed by atoms with Gasteiger partial charge in [-0.25, -0.2) is 0 Å². The van der Waals surface area contributed by atoms with Crippen LogP contribution in [0.2, 0.25) is 0 Å². The molecule has 0 heteroatoms. The second-order valence-electron chi connectivity index (χ2n) is 8.04. The third kappa shape index (κ3) is 0.666. The van der Waals surface area contributed by atoms with E-state index in [1.807, 2.05) is 0 Å². The molecule has 0 radical (unpaired) electrons. The molecule has 15 heavy (non-hydrogen) atoms. The van der Waals surface area contributed by atoms with Gasteiger partial charge in [0, 0.05) is 0 Å². The van der Waals surface area contributed by atoms with Gasteiger partial charge in [0.1, 0.15) is 0 Å². The van der Waals surface area contributed by atoms with Gasteiger partial charge in [0.25, 0.3) is 0 Å². The summed E-state index contributed by atoms with van der Waals surface area (Å²) in [4.78, 5) is 0. The molecular formula is C15H24. The molecule has 6 atom stereocenters. The zero-order valence-electron chi connectivity index (χ0n) is 10.6. The van der Waals surface area contributed by atoms with Crippen LogP contribution in [-0.2, 0) is 0 Å². The van der Waals surface area contributed by atoms with Gasteiger partial charge in [-0.2, -0.15) is 0 Å². The predicted molar refractivity (Wildman–Crippen MR) is 62.4 cm³/mol. The van der Waals surface area contributed by atoms with Crippen LogP contribution in [0.15, 0.2) is 0 Å². The number of rotatable bonds is 0. The van der Waals surface area contributed by atoms with Crippen molar-refractivity contribution in [1.82, 2.24) is 0 Å². The van der Waals surface area contributed by atoms with E-state index in [4.69, 9.17) is 0 Å². The fraction of sp³-hybridized carbons (Fsp3) is 1.00. The second-order valence-corrected chi connectivity index (χ2v) is 8.04. The lowest BCUT2D eigenvalue weighted by molar-refractivity contribution is 0.127. The summed E-state index contributed by atoms with van der Waals surface area (Å²) < 4.78 is 0. The highest BCUT2D eigenvalue weighted by Crippen LogP contribution is 2.91. The molecule has 0 amide bonds. The highest BCUT2D eigenvalue weighted by Gasteiger charge is 2.86. The van der Waals surface area contributed by atoms with Crippen molar-refractivity contribution < 1.29 is 0 Å². The minimum Gasteiger partial charge on any atom is -0.0596 e. The Morgan fingerprint density at radius 2 is 1.60 bits per heavy atom. The van der Waals surface area contributed by atoms with Crippen LogP contribution in [-0.4, -0.2) is 0 Å². The van der Waals surface area contributed by atoms with Crippen LogP contribution in [0.4, 0.5) is 0 Å². The fourth-order valence-corrected chi connectivity index (χ4v) is 6.75. The molecule has 5 aliphatic carbocycles. The van der Waals surface area contributed by atoms with Crippen LogP contribution in [0.25, 0.3) is 0 Å². The number of hydrogen-bond acceptors (Lipinski definition) is 0. The van der Waals surface area contributed by atoms with Crippen LogP contribution in [0, 0.1) is 39.9 Å². The molecule has 0 aromatic carbocycles. The summed E-state index contributed by atoms with van der Waals surface area (Å²) in [5.41, 5.74) is 2.16. The van der Waals surface area contributed by atoms with E-state index in [9.17, 15) is 0 Å². The highest BCUT2D eigenvalue weighted by atomic mass is 14.9. The molecular weight excluding hydrogens is 180 g/mol. The van der Waals surface area contributed by atoms with E-state index in [1.54, 1.807) is 6.42 Å². The Balaban J connectivity index is 1.89. The van der Waals surface area contributed by atoms with Gasteiger partial charge in [-0.15, -0.1) is 0 Å². The smallest absolute Gasteiger partial charge is 0.0204 e. The third-order valence-corrected chi connectivity index (χ3v) is 7.58. The summed E-state index contributed by atoms with van der Waals surface area (Å²) in [6, 6.07) is 0. The van der Waals surface area contributed by atoms with Gasteiger partial charge in [-0.1, -0.05) is 34.1 Å². The van der Waals surface area contributed by atoms with Crippen molar-refractivity contribution in [3.63, 3.8) is 0 Å². The van der Waals surface area contributed by atoms with Gasteiger partial charge in [-0.3, -0.25) is 0 Å². The van der Waals surface area contributed by atoms with E-state index in [1.165, 1.54) is 19.3 Å². The maximum absolute atomic E-state index is 2.64. The topological polar surface area (TPSA) is 0 Å². The molecule has 0 heterocycles. The van der Waals surface area contributed by atoms with Crippen LogP contribution in [0.1, 0.15) is 53.4 Å². The molecule has 5 rings (SSSR count). The van der Waals surface area contributed by atoms with Gasteiger partial charge in [0.2, 0.25) is 0 Å². The van der Waals surface area contributed by atoms with E-state index in [2.05, 4.69) is 27.7 Å². The first kappa shape index (κ1) is 9.07. The Bertz CT molecular complexity index is 342. The normalized spacial score (nSPS) is 68.0. The molecule has 0 aliphatic heterocycles. The first-order chi connectivity index (χ1) is 6.93. The molecule has 0 aromatic heterocycles. The van der Waals surface area contributed by atoms with E-state index < -0.39 is 0 Å². The summed E-state index contributed by atoms with van der Waals surface area (Å²) in [5.74, 6) is 4.44. The van der Waals surface area contributed by atoms with E-state index >= 15 is 0 Å². The monoisotopic (exact) mass is 204 g/mol. The lowest BCUT2D eigenvalue weighted by atomic mass is 9.69. The maximum atomic E-state index is 2.64. The summed E-state index contributed by atoms with van der Waals surface area (Å²) in [6.07, 6.45) is 6.10. The van der Waals surface area contributed by atoms with Crippen molar-refractivity contribution in [2.75, 3.05) is 0 Å². The molecule has 5 aliphatic rings.